The van der Waals surface area contributed by atoms with E-state index in [-0.39, 0.29) is 18.1 Å². The second kappa shape index (κ2) is 5.98. The van der Waals surface area contributed by atoms with Crippen molar-refractivity contribution in [3.05, 3.63) is 0 Å². The molecular weight excluding hydrogens is 180 g/mol. The minimum absolute atomic E-state index is 0.0337. The van der Waals surface area contributed by atoms with Crippen molar-refractivity contribution in [2.24, 2.45) is 5.73 Å². The minimum atomic E-state index is -0.220. The fourth-order valence-corrected chi connectivity index (χ4v) is 1.59. The molecule has 3 N–H and O–H groups in total. The molecule has 2 unspecified atom stereocenters. The zero-order chi connectivity index (χ0) is 10.4. The molecule has 0 aromatic heterocycles. The molecule has 4 nitrogen and oxygen atoms in total. The molecule has 1 heterocycles. The molecular formula is C10H20N2O2. The molecule has 0 aromatic carbocycles. The lowest BCUT2D eigenvalue weighted by atomic mass is 10.2. The van der Waals surface area contributed by atoms with E-state index in [1.54, 1.807) is 0 Å². The van der Waals surface area contributed by atoms with Crippen molar-refractivity contribution in [1.29, 1.82) is 0 Å². The number of unbranched alkanes of at least 4 members (excludes halogenated alkanes) is 1. The van der Waals surface area contributed by atoms with E-state index in [9.17, 15) is 4.79 Å². The average Bonchev–Trinajstić information content (AvgIpc) is 2.59. The van der Waals surface area contributed by atoms with Gasteiger partial charge in [0.2, 0.25) is 5.91 Å². The third-order valence-electron chi connectivity index (χ3n) is 2.45. The van der Waals surface area contributed by atoms with E-state index < -0.39 is 0 Å². The number of ether oxygens (including phenoxy) is 1. The van der Waals surface area contributed by atoms with Crippen LogP contribution in [0, 0.1) is 0 Å². The normalized spacial score (nSPS) is 26.4. The van der Waals surface area contributed by atoms with E-state index >= 15 is 0 Å². The van der Waals surface area contributed by atoms with Crippen molar-refractivity contribution >= 4 is 5.91 Å². The summed E-state index contributed by atoms with van der Waals surface area (Å²) in [6, 6.07) is 0. The topological polar surface area (TPSA) is 64.4 Å². The van der Waals surface area contributed by atoms with E-state index in [4.69, 9.17) is 10.5 Å². The summed E-state index contributed by atoms with van der Waals surface area (Å²) in [4.78, 5) is 11.5. The van der Waals surface area contributed by atoms with E-state index in [1.807, 2.05) is 6.92 Å². The maximum Gasteiger partial charge on any atom is 0.249 e. The zero-order valence-electron chi connectivity index (χ0n) is 8.79. The van der Waals surface area contributed by atoms with Gasteiger partial charge in [0.25, 0.3) is 0 Å². The molecule has 0 aromatic rings. The molecule has 14 heavy (non-hydrogen) atoms. The molecule has 1 aliphatic heterocycles. The van der Waals surface area contributed by atoms with Crippen LogP contribution < -0.4 is 11.1 Å². The molecule has 1 fully saturated rings. The molecule has 0 aliphatic carbocycles. The molecule has 0 spiro atoms. The van der Waals surface area contributed by atoms with Crippen LogP contribution in [-0.4, -0.2) is 31.2 Å². The van der Waals surface area contributed by atoms with E-state index in [0.29, 0.717) is 13.1 Å². The van der Waals surface area contributed by atoms with Crippen molar-refractivity contribution in [3.8, 4) is 0 Å². The third kappa shape index (κ3) is 3.64. The Balaban J connectivity index is 2.09. The number of amides is 1. The maximum absolute atomic E-state index is 11.5. The quantitative estimate of drug-likeness (QED) is 0.632. The van der Waals surface area contributed by atoms with Gasteiger partial charge in [0.05, 0.1) is 6.10 Å². The standard InChI is InChI=1S/C10H20N2O2/c1-8-4-5-9(14-8)10(13)12-7-3-2-6-11/h8-9H,2-7,11H2,1H3,(H,12,13). The largest absolute Gasteiger partial charge is 0.365 e. The van der Waals surface area contributed by atoms with E-state index in [2.05, 4.69) is 5.32 Å². The van der Waals surface area contributed by atoms with Crippen LogP contribution in [-0.2, 0) is 9.53 Å². The fraction of sp³-hybridized carbons (Fsp3) is 0.900. The second-order valence-electron chi connectivity index (χ2n) is 3.80. The van der Waals surface area contributed by atoms with Gasteiger partial charge in [0.1, 0.15) is 6.10 Å². The Labute approximate surface area is 85.2 Å². The summed E-state index contributed by atoms with van der Waals surface area (Å²) < 4.78 is 5.44. The summed E-state index contributed by atoms with van der Waals surface area (Å²) in [5.41, 5.74) is 5.35. The molecule has 4 heteroatoms. The smallest absolute Gasteiger partial charge is 0.249 e. The van der Waals surface area contributed by atoms with Gasteiger partial charge in [-0.15, -0.1) is 0 Å². The summed E-state index contributed by atoms with van der Waals surface area (Å²) in [6.45, 7) is 3.40. The lowest BCUT2D eigenvalue weighted by Crippen LogP contribution is -2.35. The number of rotatable bonds is 5. The highest BCUT2D eigenvalue weighted by Gasteiger charge is 2.27. The van der Waals surface area contributed by atoms with E-state index in [0.717, 1.165) is 25.7 Å². The van der Waals surface area contributed by atoms with Gasteiger partial charge in [-0.25, -0.2) is 0 Å². The van der Waals surface area contributed by atoms with Crippen molar-refractivity contribution in [1.82, 2.24) is 5.32 Å². The molecule has 0 bridgehead atoms. The van der Waals surface area contributed by atoms with Gasteiger partial charge in [0, 0.05) is 6.54 Å². The highest BCUT2D eigenvalue weighted by Crippen LogP contribution is 2.18. The Kier molecular flexibility index (Phi) is 4.90. The molecule has 82 valence electrons. The van der Waals surface area contributed by atoms with Crippen molar-refractivity contribution in [3.63, 3.8) is 0 Å². The monoisotopic (exact) mass is 200 g/mol. The predicted molar refractivity (Wildman–Crippen MR) is 54.9 cm³/mol. The SMILES string of the molecule is CC1CCC(C(=O)NCCCCN)O1. The molecule has 1 rings (SSSR count). The van der Waals surface area contributed by atoms with Crippen LogP contribution in [0.25, 0.3) is 0 Å². The Hall–Kier alpha value is -0.610. The number of hydrogen-bond donors (Lipinski definition) is 2. The minimum Gasteiger partial charge on any atom is -0.365 e. The first kappa shape index (κ1) is 11.5. The Morgan fingerprint density at radius 1 is 1.50 bits per heavy atom. The van der Waals surface area contributed by atoms with Gasteiger partial charge in [-0.2, -0.15) is 0 Å². The Bertz CT molecular complexity index is 185. The van der Waals surface area contributed by atoms with Crippen LogP contribution in [0.15, 0.2) is 0 Å². The fourth-order valence-electron chi connectivity index (χ4n) is 1.59. The molecule has 0 radical (unpaired) electrons. The summed E-state index contributed by atoms with van der Waals surface area (Å²) >= 11 is 0. The third-order valence-corrected chi connectivity index (χ3v) is 2.45. The molecule has 0 saturated carbocycles. The summed E-state index contributed by atoms with van der Waals surface area (Å²) in [5.74, 6) is 0.0337. The van der Waals surface area contributed by atoms with Crippen molar-refractivity contribution in [2.45, 2.75) is 44.8 Å². The van der Waals surface area contributed by atoms with Gasteiger partial charge in [-0.3, -0.25) is 4.79 Å². The first-order valence-corrected chi connectivity index (χ1v) is 5.37. The van der Waals surface area contributed by atoms with Gasteiger partial charge < -0.3 is 15.8 Å². The van der Waals surface area contributed by atoms with Crippen molar-refractivity contribution in [2.75, 3.05) is 13.1 Å². The molecule has 1 saturated heterocycles. The molecule has 2 atom stereocenters. The van der Waals surface area contributed by atoms with Crippen LogP contribution >= 0.6 is 0 Å². The number of nitrogens with one attached hydrogen (secondary N) is 1. The number of carbonyl (C=O) groups excluding carboxylic acids is 1. The lowest BCUT2D eigenvalue weighted by Gasteiger charge is -2.11. The van der Waals surface area contributed by atoms with Gasteiger partial charge in [-0.05, 0) is 39.2 Å². The summed E-state index contributed by atoms with van der Waals surface area (Å²) in [5, 5.41) is 2.86. The van der Waals surface area contributed by atoms with Crippen LogP contribution in [0.5, 0.6) is 0 Å². The predicted octanol–water partition coefficient (Wildman–Crippen LogP) is 0.409. The van der Waals surface area contributed by atoms with Crippen molar-refractivity contribution < 1.29 is 9.53 Å². The number of hydrogen-bond acceptors (Lipinski definition) is 3. The first-order valence-electron chi connectivity index (χ1n) is 5.37. The van der Waals surface area contributed by atoms with Gasteiger partial charge in [0.15, 0.2) is 0 Å². The first-order chi connectivity index (χ1) is 6.74. The van der Waals surface area contributed by atoms with Gasteiger partial charge in [-0.1, -0.05) is 0 Å². The summed E-state index contributed by atoms with van der Waals surface area (Å²) in [6.07, 6.45) is 3.76. The van der Waals surface area contributed by atoms with Crippen LogP contribution in [0.3, 0.4) is 0 Å². The summed E-state index contributed by atoms with van der Waals surface area (Å²) in [7, 11) is 0. The maximum atomic E-state index is 11.5. The Morgan fingerprint density at radius 3 is 2.86 bits per heavy atom. The highest BCUT2D eigenvalue weighted by atomic mass is 16.5. The number of carbonyl (C=O) groups is 1. The molecule has 1 amide bonds. The van der Waals surface area contributed by atoms with Crippen LogP contribution in [0.2, 0.25) is 0 Å². The number of nitrogens with two attached hydrogens (primary N) is 1. The van der Waals surface area contributed by atoms with E-state index in [1.165, 1.54) is 0 Å². The highest BCUT2D eigenvalue weighted by molar-refractivity contribution is 5.80. The zero-order valence-corrected chi connectivity index (χ0v) is 8.79. The van der Waals surface area contributed by atoms with Crippen LogP contribution in [0.4, 0.5) is 0 Å². The molecule has 1 aliphatic rings. The lowest BCUT2D eigenvalue weighted by molar-refractivity contribution is -0.131. The van der Waals surface area contributed by atoms with Gasteiger partial charge >= 0.3 is 0 Å². The average molecular weight is 200 g/mol. The Morgan fingerprint density at radius 2 is 2.29 bits per heavy atom. The van der Waals surface area contributed by atoms with Crippen LogP contribution in [0.1, 0.15) is 32.6 Å². The second-order valence-corrected chi connectivity index (χ2v) is 3.80.